The molecule has 0 atom stereocenters. The Bertz CT molecular complexity index is 1920. The molecule has 1 N–H and O–H groups in total. The predicted molar refractivity (Wildman–Crippen MR) is 158 cm³/mol. The predicted octanol–water partition coefficient (Wildman–Crippen LogP) is 3.36. The van der Waals surface area contributed by atoms with Crippen LogP contribution >= 0.6 is 0 Å². The Morgan fingerprint density at radius 1 is 0.857 bits per heavy atom. The Kier molecular flexibility index (Phi) is 9.58. The molecule has 4 heterocycles. The number of carbonyl (C=O) groups excluding carboxylic acids is 2. The van der Waals surface area contributed by atoms with E-state index in [1.165, 1.54) is 12.1 Å². The van der Waals surface area contributed by atoms with Gasteiger partial charge in [-0.15, -0.1) is 0 Å². The molecule has 0 unspecified atom stereocenters. The second-order valence-corrected chi connectivity index (χ2v) is 11.9. The van der Waals surface area contributed by atoms with E-state index in [4.69, 9.17) is 4.74 Å². The first-order chi connectivity index (χ1) is 19.9. The maximum absolute atomic E-state index is 12.9. The topological polar surface area (TPSA) is 117 Å². The number of aromatic nitrogens is 6. The van der Waals surface area contributed by atoms with Gasteiger partial charge in [-0.05, 0) is 0 Å². The van der Waals surface area contributed by atoms with Gasteiger partial charge in [0.1, 0.15) is 0 Å². The molecule has 0 fully saturated rings. The summed E-state index contributed by atoms with van der Waals surface area (Å²) in [5, 5.41) is 11.3. The first-order valence-electron chi connectivity index (χ1n) is 12.8. The monoisotopic (exact) mass is 701 g/mol. The molecule has 0 bridgehead atoms. The molecule has 0 saturated carbocycles. The average molecular weight is 700 g/mol. The number of amides is 1. The van der Waals surface area contributed by atoms with Crippen molar-refractivity contribution in [1.29, 1.82) is 0 Å². The molecule has 4 aromatic heterocycles. The van der Waals surface area contributed by atoms with Gasteiger partial charge in [-0.3, -0.25) is 0 Å². The summed E-state index contributed by atoms with van der Waals surface area (Å²) < 4.78 is 22.7. The first kappa shape index (κ1) is 31.1. The van der Waals surface area contributed by atoms with Crippen LogP contribution < -0.4 is 5.32 Å². The van der Waals surface area contributed by atoms with Gasteiger partial charge in [-0.2, -0.15) is 0 Å². The van der Waals surface area contributed by atoms with Crippen molar-refractivity contribution < 1.29 is 18.7 Å². The molecule has 5 rings (SSSR count). The molecule has 5 aromatic rings. The summed E-state index contributed by atoms with van der Waals surface area (Å²) in [6, 6.07) is 13.4. The fourth-order valence-electron chi connectivity index (χ4n) is 3.87. The molecule has 42 heavy (non-hydrogen) atoms. The van der Waals surface area contributed by atoms with Gasteiger partial charge >= 0.3 is 257 Å². The first-order valence-corrected chi connectivity index (χ1v) is 14.5. The molecule has 1 aromatic carbocycles. The summed E-state index contributed by atoms with van der Waals surface area (Å²) >= 11 is 5.75. The Balaban J connectivity index is 0.000000197. The summed E-state index contributed by atoms with van der Waals surface area (Å²) in [6.45, 7) is 5.76. The molecule has 0 aliphatic heterocycles. The molecule has 0 radical (unpaired) electrons. The fourth-order valence-corrected chi connectivity index (χ4v) is 5.07. The molecule has 13 heteroatoms. The Hall–Kier alpha value is -3.89. The van der Waals surface area contributed by atoms with Gasteiger partial charge in [0.15, 0.2) is 0 Å². The Morgan fingerprint density at radius 2 is 1.36 bits per heavy atom. The maximum atomic E-state index is 12.9. The third-order valence-electron chi connectivity index (χ3n) is 5.80. The van der Waals surface area contributed by atoms with Gasteiger partial charge in [0.2, 0.25) is 0 Å². The standard InChI is InChI=1S/C16H13FN4OSe.C13H15N3O2Se/c1-21-12-3-2-8-18-13(12)15(23)14(20-21)16(22)19-9-10-4-6-11(17)7-5-10;1-13(2,3)18-12(17)10-11(19)9-8(16(4)15-10)6-5-7-14-9/h2-8H,9H2,1H3,(H,19,22);5-7H,1-4H3. The number of rotatable bonds is 4. The van der Waals surface area contributed by atoms with Crippen LogP contribution in [-0.4, -0.2) is 78.2 Å². The van der Waals surface area contributed by atoms with Crippen LogP contribution in [0.25, 0.3) is 22.1 Å². The van der Waals surface area contributed by atoms with Gasteiger partial charge in [-0.25, -0.2) is 0 Å². The van der Waals surface area contributed by atoms with E-state index in [9.17, 15) is 14.0 Å². The van der Waals surface area contributed by atoms with Crippen molar-refractivity contribution in [2.75, 3.05) is 0 Å². The number of aryl methyl sites for hydroxylation is 2. The van der Waals surface area contributed by atoms with Crippen LogP contribution in [-0.2, 0) is 25.4 Å². The number of ether oxygens (including phenoxy) is 1. The number of benzene rings is 1. The summed E-state index contributed by atoms with van der Waals surface area (Å²) in [5.74, 6) is -1.07. The normalized spacial score (nSPS) is 11.1. The zero-order valence-corrected chi connectivity index (χ0v) is 27.0. The van der Waals surface area contributed by atoms with Gasteiger partial charge in [-0.1, -0.05) is 0 Å². The molecule has 1 amide bonds. The van der Waals surface area contributed by atoms with Crippen molar-refractivity contribution in [3.05, 3.63) is 91.8 Å². The van der Waals surface area contributed by atoms with E-state index in [0.29, 0.717) is 25.7 Å². The van der Waals surface area contributed by atoms with E-state index >= 15 is 0 Å². The number of halogens is 1. The van der Waals surface area contributed by atoms with E-state index in [0.717, 1.165) is 16.6 Å². The molecule has 0 aliphatic rings. The summed E-state index contributed by atoms with van der Waals surface area (Å²) in [7, 11) is 3.54. The summed E-state index contributed by atoms with van der Waals surface area (Å²) in [4.78, 5) is 33.1. The van der Waals surface area contributed by atoms with Crippen LogP contribution in [0.15, 0.2) is 60.9 Å². The quantitative estimate of drug-likeness (QED) is 0.226. The molecule has 10 nitrogen and oxygen atoms in total. The fraction of sp³-hybridized carbons (Fsp3) is 0.241. The Morgan fingerprint density at radius 3 is 1.88 bits per heavy atom. The van der Waals surface area contributed by atoms with Crippen molar-refractivity contribution in [3.63, 3.8) is 0 Å². The Labute approximate surface area is 256 Å². The number of hydrogen-bond donors (Lipinski definition) is 1. The number of pyridine rings is 2. The zero-order valence-electron chi connectivity index (χ0n) is 23.6. The number of nitrogens with zero attached hydrogens (tertiary/aromatic N) is 6. The number of esters is 1. The van der Waals surface area contributed by atoms with Crippen molar-refractivity contribution in [3.8, 4) is 0 Å². The molecule has 0 saturated heterocycles. The summed E-state index contributed by atoms with van der Waals surface area (Å²) in [5.41, 5.74) is 3.87. The van der Waals surface area contributed by atoms with E-state index in [-0.39, 0.29) is 23.1 Å². The minimum atomic E-state index is -0.553. The number of fused-ring (bicyclic) bond motifs is 2. The summed E-state index contributed by atoms with van der Waals surface area (Å²) in [6.07, 6.45) is 3.35. The van der Waals surface area contributed by atoms with Crippen LogP contribution in [0.1, 0.15) is 47.3 Å². The van der Waals surface area contributed by atoms with E-state index in [2.05, 4.69) is 56.6 Å². The average Bonchev–Trinajstić information content (AvgIpc) is 2.96. The zero-order chi connectivity index (χ0) is 30.6. The van der Waals surface area contributed by atoms with Crippen LogP contribution in [0.5, 0.6) is 0 Å². The number of hydrogen-bond acceptors (Lipinski definition) is 7. The van der Waals surface area contributed by atoms with Gasteiger partial charge < -0.3 is 0 Å². The third kappa shape index (κ3) is 7.30. The molecule has 0 aliphatic carbocycles. The second kappa shape index (κ2) is 13.0. The van der Waals surface area contributed by atoms with E-state index in [1.54, 1.807) is 48.0 Å². The van der Waals surface area contributed by atoms with Crippen LogP contribution in [0.3, 0.4) is 0 Å². The van der Waals surface area contributed by atoms with E-state index in [1.807, 2.05) is 45.0 Å². The van der Waals surface area contributed by atoms with Crippen LogP contribution in [0, 0.1) is 13.9 Å². The van der Waals surface area contributed by atoms with Crippen molar-refractivity contribution in [2.24, 2.45) is 14.1 Å². The molecule has 216 valence electrons. The SMILES string of the molecule is Cn1nc(C(=O)NCc2ccc(F)cc2)c(=[Se])c2ncccc21.Cn1nc(C(=O)OC(C)(C)C)c(=[Se])c2ncccc21. The number of carbonyl (C=O) groups is 2. The van der Waals surface area contributed by atoms with Gasteiger partial charge in [0, 0.05) is 0 Å². The molecular weight excluding hydrogens is 671 g/mol. The van der Waals surface area contributed by atoms with E-state index < -0.39 is 11.6 Å². The minimum absolute atomic E-state index is 0.253. The van der Waals surface area contributed by atoms with Crippen molar-refractivity contribution in [2.45, 2.75) is 32.9 Å². The van der Waals surface area contributed by atoms with Gasteiger partial charge in [0.05, 0.1) is 0 Å². The van der Waals surface area contributed by atoms with Crippen molar-refractivity contribution >= 4 is 65.1 Å². The van der Waals surface area contributed by atoms with Crippen LogP contribution in [0.2, 0.25) is 0 Å². The van der Waals surface area contributed by atoms with Crippen LogP contribution in [0.4, 0.5) is 4.39 Å². The van der Waals surface area contributed by atoms with Gasteiger partial charge in [0.25, 0.3) is 0 Å². The number of nitrogens with one attached hydrogen (secondary N) is 1. The third-order valence-corrected chi connectivity index (χ3v) is 7.43. The second-order valence-electron chi connectivity index (χ2n) is 10.2. The molecular formula is C29H28FN7O3Se2. The van der Waals surface area contributed by atoms with Crippen molar-refractivity contribution in [1.82, 2.24) is 34.8 Å². The molecule has 0 spiro atoms.